The number of nitrogens with one attached hydrogen (secondary N) is 1. The molecule has 8 heteroatoms. The van der Waals surface area contributed by atoms with Gasteiger partial charge in [-0.25, -0.2) is 9.65 Å². The Morgan fingerprint density at radius 2 is 2.14 bits per heavy atom. The SMILES string of the molecule is COC(=O)[C@H](Cc1ccccc1)NP(=O)(O)OCCC#N. The first-order valence-electron chi connectivity index (χ1n) is 6.22. The topological polar surface area (TPSA) is 109 Å². The van der Waals surface area contributed by atoms with Crippen molar-refractivity contribution >= 4 is 13.7 Å². The number of nitrogens with zero attached hydrogens (tertiary/aromatic N) is 1. The lowest BCUT2D eigenvalue weighted by Crippen LogP contribution is -2.38. The molecule has 114 valence electrons. The minimum absolute atomic E-state index is 0.0200. The van der Waals surface area contributed by atoms with Gasteiger partial charge in [0.1, 0.15) is 6.04 Å². The molecule has 0 radical (unpaired) electrons. The second-order valence-electron chi connectivity index (χ2n) is 4.16. The summed E-state index contributed by atoms with van der Waals surface area (Å²) in [4.78, 5) is 21.3. The summed E-state index contributed by atoms with van der Waals surface area (Å²) in [7, 11) is -2.99. The number of rotatable bonds is 8. The number of benzene rings is 1. The molecule has 1 aromatic rings. The second kappa shape index (κ2) is 8.55. The number of hydrogen-bond donors (Lipinski definition) is 2. The number of methoxy groups -OCH3 is 1. The fraction of sp³-hybridized carbons (Fsp3) is 0.385. The van der Waals surface area contributed by atoms with Crippen molar-refractivity contribution in [3.05, 3.63) is 35.9 Å². The van der Waals surface area contributed by atoms with Crippen molar-refractivity contribution in [2.45, 2.75) is 18.9 Å². The van der Waals surface area contributed by atoms with Gasteiger partial charge >= 0.3 is 13.7 Å². The molecule has 0 saturated heterocycles. The Morgan fingerprint density at radius 1 is 1.48 bits per heavy atom. The Hall–Kier alpha value is -1.71. The molecule has 0 aliphatic carbocycles. The molecule has 1 rings (SSSR count). The van der Waals surface area contributed by atoms with Gasteiger partial charge in [-0.15, -0.1) is 0 Å². The van der Waals surface area contributed by atoms with E-state index in [1.165, 1.54) is 7.11 Å². The Labute approximate surface area is 123 Å². The zero-order chi connectivity index (χ0) is 15.7. The lowest BCUT2D eigenvalue weighted by Gasteiger charge is -2.20. The van der Waals surface area contributed by atoms with E-state index >= 15 is 0 Å². The van der Waals surface area contributed by atoms with Gasteiger partial charge in [0.05, 0.1) is 26.2 Å². The van der Waals surface area contributed by atoms with Crippen LogP contribution < -0.4 is 5.09 Å². The van der Waals surface area contributed by atoms with Gasteiger partial charge in [-0.2, -0.15) is 5.26 Å². The van der Waals surface area contributed by atoms with Crippen LogP contribution in [0.25, 0.3) is 0 Å². The van der Waals surface area contributed by atoms with Crippen molar-refractivity contribution in [1.29, 1.82) is 5.26 Å². The van der Waals surface area contributed by atoms with Crippen LogP contribution >= 0.6 is 7.75 Å². The van der Waals surface area contributed by atoms with Crippen LogP contribution in [0.15, 0.2) is 30.3 Å². The second-order valence-corrected chi connectivity index (χ2v) is 5.71. The number of esters is 1. The highest BCUT2D eigenvalue weighted by Crippen LogP contribution is 2.37. The van der Waals surface area contributed by atoms with Crippen LogP contribution in [0.1, 0.15) is 12.0 Å². The molecule has 1 aromatic carbocycles. The first kappa shape index (κ1) is 17.3. The Balaban J connectivity index is 2.72. The molecule has 2 atom stereocenters. The first-order chi connectivity index (χ1) is 9.98. The quantitative estimate of drug-likeness (QED) is 0.424. The summed E-state index contributed by atoms with van der Waals surface area (Å²) < 4.78 is 21.1. The van der Waals surface area contributed by atoms with Crippen molar-refractivity contribution in [3.8, 4) is 6.07 Å². The van der Waals surface area contributed by atoms with Gasteiger partial charge in [0.2, 0.25) is 0 Å². The number of carbonyl (C=O) groups is 1. The van der Waals surface area contributed by atoms with Crippen LogP contribution in [-0.2, 0) is 25.0 Å². The zero-order valence-corrected chi connectivity index (χ0v) is 12.5. The van der Waals surface area contributed by atoms with Crippen molar-refractivity contribution in [1.82, 2.24) is 5.09 Å². The molecule has 0 saturated carbocycles. The van der Waals surface area contributed by atoms with E-state index in [9.17, 15) is 14.3 Å². The van der Waals surface area contributed by atoms with E-state index in [-0.39, 0.29) is 19.4 Å². The van der Waals surface area contributed by atoms with Crippen LogP contribution in [0, 0.1) is 11.3 Å². The van der Waals surface area contributed by atoms with E-state index in [0.717, 1.165) is 5.56 Å². The van der Waals surface area contributed by atoms with Gasteiger partial charge in [-0.1, -0.05) is 30.3 Å². The maximum absolute atomic E-state index is 11.8. The molecule has 1 unspecified atom stereocenters. The Morgan fingerprint density at radius 3 is 2.71 bits per heavy atom. The van der Waals surface area contributed by atoms with E-state index in [0.29, 0.717) is 0 Å². The van der Waals surface area contributed by atoms with Crippen molar-refractivity contribution in [2.24, 2.45) is 0 Å². The summed E-state index contributed by atoms with van der Waals surface area (Å²) in [6, 6.07) is 9.77. The molecule has 0 aliphatic rings. The number of nitriles is 1. The van der Waals surface area contributed by atoms with E-state index in [4.69, 9.17) is 9.79 Å². The zero-order valence-electron chi connectivity index (χ0n) is 11.6. The average Bonchev–Trinajstić information content (AvgIpc) is 2.46. The summed E-state index contributed by atoms with van der Waals surface area (Å²) in [5, 5.41) is 10.6. The number of hydrogen-bond acceptors (Lipinski definition) is 5. The maximum atomic E-state index is 11.8. The van der Waals surface area contributed by atoms with Crippen molar-refractivity contribution in [2.75, 3.05) is 13.7 Å². The summed E-state index contributed by atoms with van der Waals surface area (Å²) in [5.74, 6) is -0.669. The van der Waals surface area contributed by atoms with Gasteiger partial charge in [0, 0.05) is 0 Å². The highest BCUT2D eigenvalue weighted by molar-refractivity contribution is 7.50. The molecule has 0 amide bonds. The van der Waals surface area contributed by atoms with Crippen molar-refractivity contribution in [3.63, 3.8) is 0 Å². The Kier molecular flexibility index (Phi) is 7.06. The van der Waals surface area contributed by atoms with Gasteiger partial charge in [-0.05, 0) is 12.0 Å². The maximum Gasteiger partial charge on any atom is 0.403 e. The van der Waals surface area contributed by atoms with Gasteiger partial charge < -0.3 is 9.63 Å². The predicted molar refractivity (Wildman–Crippen MR) is 75.1 cm³/mol. The lowest BCUT2D eigenvalue weighted by atomic mass is 10.1. The lowest BCUT2D eigenvalue weighted by molar-refractivity contribution is -0.142. The molecule has 7 nitrogen and oxygen atoms in total. The van der Waals surface area contributed by atoms with Gasteiger partial charge in [0.25, 0.3) is 0 Å². The Bertz CT molecular complexity index is 543. The number of carbonyl (C=O) groups excluding carboxylic acids is 1. The highest BCUT2D eigenvalue weighted by Gasteiger charge is 2.29. The molecular weight excluding hydrogens is 295 g/mol. The van der Waals surface area contributed by atoms with Crippen molar-refractivity contribution < 1.29 is 23.5 Å². The molecule has 21 heavy (non-hydrogen) atoms. The summed E-state index contributed by atoms with van der Waals surface area (Å²) in [6.45, 7) is -0.198. The molecule has 0 spiro atoms. The van der Waals surface area contributed by atoms with Gasteiger partial charge in [0.15, 0.2) is 0 Å². The van der Waals surface area contributed by atoms with Gasteiger partial charge in [-0.3, -0.25) is 9.32 Å². The fourth-order valence-electron chi connectivity index (χ4n) is 1.62. The fourth-order valence-corrected chi connectivity index (χ4v) is 2.63. The van der Waals surface area contributed by atoms with Crippen LogP contribution in [0.4, 0.5) is 0 Å². The van der Waals surface area contributed by atoms with E-state index in [1.54, 1.807) is 30.3 Å². The summed E-state index contributed by atoms with van der Waals surface area (Å²) in [5.41, 5.74) is 0.803. The largest absolute Gasteiger partial charge is 0.468 e. The molecule has 0 aromatic heterocycles. The monoisotopic (exact) mass is 312 g/mol. The smallest absolute Gasteiger partial charge is 0.403 e. The first-order valence-corrected chi connectivity index (χ1v) is 7.80. The minimum Gasteiger partial charge on any atom is -0.468 e. The van der Waals surface area contributed by atoms with Crippen LogP contribution in [-0.4, -0.2) is 30.6 Å². The molecular formula is C13H17N2O5P. The molecule has 0 bridgehead atoms. The third kappa shape index (κ3) is 6.52. The standard InChI is InChI=1S/C13H17N2O5P/c1-19-13(16)12(10-11-6-3-2-4-7-11)15-21(17,18)20-9-5-8-14/h2-4,6-7,12H,5,9-10H2,1H3,(H2,15,17,18)/t12-/m0/s1. The van der Waals surface area contributed by atoms with Crippen LogP contribution in [0.5, 0.6) is 0 Å². The van der Waals surface area contributed by atoms with Crippen LogP contribution in [0.2, 0.25) is 0 Å². The average molecular weight is 312 g/mol. The van der Waals surface area contributed by atoms with E-state index in [1.807, 2.05) is 6.07 Å². The summed E-state index contributed by atoms with van der Waals surface area (Å²) >= 11 is 0. The third-order valence-electron chi connectivity index (χ3n) is 2.57. The molecule has 0 aliphatic heterocycles. The molecule has 0 fully saturated rings. The minimum atomic E-state index is -4.18. The van der Waals surface area contributed by atoms with E-state index in [2.05, 4.69) is 9.82 Å². The molecule has 2 N–H and O–H groups in total. The van der Waals surface area contributed by atoms with Crippen LogP contribution in [0.3, 0.4) is 0 Å². The van der Waals surface area contributed by atoms with E-state index < -0.39 is 19.8 Å². The third-order valence-corrected chi connectivity index (χ3v) is 3.74. The molecule has 0 heterocycles. The summed E-state index contributed by atoms with van der Waals surface area (Å²) in [6.07, 6.45) is 0.160. The number of ether oxygens (including phenoxy) is 1. The predicted octanol–water partition coefficient (Wildman–Crippen LogP) is 1.39. The highest BCUT2D eigenvalue weighted by atomic mass is 31.2. The normalized spacial score (nSPS) is 14.7.